The van der Waals surface area contributed by atoms with Crippen molar-refractivity contribution >= 4 is 52.4 Å². The van der Waals surface area contributed by atoms with Crippen molar-refractivity contribution in [3.05, 3.63) is 58.6 Å². The summed E-state index contributed by atoms with van der Waals surface area (Å²) >= 11 is 12.4. The van der Waals surface area contributed by atoms with E-state index in [1.807, 2.05) is 30.3 Å². The third-order valence-electron chi connectivity index (χ3n) is 4.12. The molecule has 0 amide bonds. The third-order valence-corrected chi connectivity index (χ3v) is 4.69. The number of hydrogen-bond donors (Lipinski definition) is 2. The summed E-state index contributed by atoms with van der Waals surface area (Å²) in [5, 5.41) is 7.45. The average molecular weight is 417 g/mol. The van der Waals surface area contributed by atoms with Crippen LogP contribution in [0.4, 0.5) is 29.2 Å². The van der Waals surface area contributed by atoms with Crippen LogP contribution in [0.1, 0.15) is 0 Å². The van der Waals surface area contributed by atoms with Crippen molar-refractivity contribution in [1.29, 1.82) is 0 Å². The Labute approximate surface area is 172 Å². The molecule has 0 unspecified atom stereocenters. The molecule has 7 nitrogen and oxygen atoms in total. The zero-order chi connectivity index (χ0) is 19.3. The fraction of sp³-hybridized carbons (Fsp3) is 0.211. The number of rotatable bonds is 5. The molecule has 2 aromatic carbocycles. The van der Waals surface area contributed by atoms with Gasteiger partial charge < -0.3 is 20.3 Å². The number of nitrogens with zero attached hydrogens (tertiary/aromatic N) is 4. The molecule has 9 heteroatoms. The summed E-state index contributed by atoms with van der Waals surface area (Å²) in [6, 6.07) is 14.9. The van der Waals surface area contributed by atoms with Gasteiger partial charge in [0.25, 0.3) is 0 Å². The van der Waals surface area contributed by atoms with Crippen molar-refractivity contribution in [3.8, 4) is 0 Å². The molecule has 1 aromatic heterocycles. The van der Waals surface area contributed by atoms with Crippen molar-refractivity contribution in [2.24, 2.45) is 0 Å². The minimum Gasteiger partial charge on any atom is -0.378 e. The number of halogens is 2. The molecule has 0 aliphatic carbocycles. The van der Waals surface area contributed by atoms with Crippen molar-refractivity contribution in [2.75, 3.05) is 41.8 Å². The first kappa shape index (κ1) is 18.7. The van der Waals surface area contributed by atoms with Crippen LogP contribution in [0.25, 0.3) is 0 Å². The first-order chi connectivity index (χ1) is 13.7. The number of para-hydroxylation sites is 1. The fourth-order valence-corrected chi connectivity index (χ4v) is 3.08. The topological polar surface area (TPSA) is 75.2 Å². The molecule has 0 atom stereocenters. The highest BCUT2D eigenvalue weighted by Crippen LogP contribution is 2.28. The molecule has 0 spiro atoms. The summed E-state index contributed by atoms with van der Waals surface area (Å²) in [7, 11) is 0. The predicted octanol–water partition coefficient (Wildman–Crippen LogP) is 4.50. The SMILES string of the molecule is Clc1ccc(Cl)c(Nc2nc(Nc3ccccc3)nc(N3CCOCC3)n2)c1. The zero-order valence-corrected chi connectivity index (χ0v) is 16.4. The number of hydrogen-bond acceptors (Lipinski definition) is 7. The van der Waals surface area contributed by atoms with Gasteiger partial charge in [0, 0.05) is 23.8 Å². The van der Waals surface area contributed by atoms with Gasteiger partial charge in [0.15, 0.2) is 0 Å². The second-order valence-electron chi connectivity index (χ2n) is 6.12. The van der Waals surface area contributed by atoms with Gasteiger partial charge in [-0.15, -0.1) is 0 Å². The van der Waals surface area contributed by atoms with Crippen LogP contribution in [0.3, 0.4) is 0 Å². The van der Waals surface area contributed by atoms with Gasteiger partial charge in [-0.3, -0.25) is 0 Å². The molecule has 1 aliphatic rings. The van der Waals surface area contributed by atoms with Gasteiger partial charge in [-0.2, -0.15) is 15.0 Å². The molecule has 0 saturated carbocycles. The molecule has 1 aliphatic heterocycles. The third kappa shape index (κ3) is 4.62. The highest BCUT2D eigenvalue weighted by Gasteiger charge is 2.17. The lowest BCUT2D eigenvalue weighted by Crippen LogP contribution is -2.37. The summed E-state index contributed by atoms with van der Waals surface area (Å²) in [6.45, 7) is 2.70. The highest BCUT2D eigenvalue weighted by atomic mass is 35.5. The van der Waals surface area contributed by atoms with E-state index in [0.717, 1.165) is 5.69 Å². The van der Waals surface area contributed by atoms with Crippen LogP contribution in [0, 0.1) is 0 Å². The van der Waals surface area contributed by atoms with Gasteiger partial charge in [-0.1, -0.05) is 41.4 Å². The normalized spacial score (nSPS) is 14.0. The molecule has 2 heterocycles. The number of nitrogens with one attached hydrogen (secondary N) is 2. The second-order valence-corrected chi connectivity index (χ2v) is 6.97. The summed E-state index contributed by atoms with van der Waals surface area (Å²) in [6.07, 6.45) is 0. The molecule has 2 N–H and O–H groups in total. The average Bonchev–Trinajstić information content (AvgIpc) is 2.72. The van der Waals surface area contributed by atoms with Gasteiger partial charge in [0.2, 0.25) is 17.8 Å². The summed E-state index contributed by atoms with van der Waals surface area (Å²) in [4.78, 5) is 15.7. The molecule has 1 saturated heterocycles. The minimum absolute atomic E-state index is 0.374. The van der Waals surface area contributed by atoms with Crippen LogP contribution >= 0.6 is 23.2 Å². The predicted molar refractivity (Wildman–Crippen MR) is 112 cm³/mol. The molecule has 28 heavy (non-hydrogen) atoms. The lowest BCUT2D eigenvalue weighted by Gasteiger charge is -2.27. The Bertz CT molecular complexity index is 950. The number of morpholine rings is 1. The number of benzene rings is 2. The van der Waals surface area contributed by atoms with E-state index in [2.05, 4.69) is 30.5 Å². The Morgan fingerprint density at radius 1 is 0.857 bits per heavy atom. The molecular weight excluding hydrogens is 399 g/mol. The summed E-state index contributed by atoms with van der Waals surface area (Å²) < 4.78 is 5.43. The molecule has 0 radical (unpaired) electrons. The van der Waals surface area contributed by atoms with Gasteiger partial charge in [0.1, 0.15) is 0 Å². The Balaban J connectivity index is 1.67. The van der Waals surface area contributed by atoms with Crippen molar-refractivity contribution in [2.45, 2.75) is 0 Å². The Kier molecular flexibility index (Phi) is 5.76. The van der Waals surface area contributed by atoms with E-state index in [1.165, 1.54) is 0 Å². The van der Waals surface area contributed by atoms with Crippen LogP contribution in [0.2, 0.25) is 10.0 Å². The lowest BCUT2D eigenvalue weighted by atomic mass is 10.3. The smallest absolute Gasteiger partial charge is 0.233 e. The van der Waals surface area contributed by atoms with E-state index in [4.69, 9.17) is 27.9 Å². The van der Waals surface area contributed by atoms with Gasteiger partial charge in [0.05, 0.1) is 23.9 Å². The number of aromatic nitrogens is 3. The monoisotopic (exact) mass is 416 g/mol. The quantitative estimate of drug-likeness (QED) is 0.633. The standard InChI is InChI=1S/C19H18Cl2N6O/c20-13-6-7-15(21)16(12-13)23-18-24-17(22-14-4-2-1-3-5-14)25-19(26-18)27-8-10-28-11-9-27/h1-7,12H,8-11H2,(H2,22,23,24,25,26). The minimum atomic E-state index is 0.374. The molecular formula is C19H18Cl2N6O. The van der Waals surface area contributed by atoms with E-state index in [0.29, 0.717) is 59.9 Å². The largest absolute Gasteiger partial charge is 0.378 e. The molecule has 3 aromatic rings. The van der Waals surface area contributed by atoms with E-state index in [-0.39, 0.29) is 0 Å². The number of ether oxygens (including phenoxy) is 1. The van der Waals surface area contributed by atoms with Crippen LogP contribution in [-0.2, 0) is 4.74 Å². The Morgan fingerprint density at radius 3 is 2.32 bits per heavy atom. The van der Waals surface area contributed by atoms with Gasteiger partial charge >= 0.3 is 0 Å². The molecule has 1 fully saturated rings. The molecule has 0 bridgehead atoms. The van der Waals surface area contributed by atoms with E-state index in [1.54, 1.807) is 18.2 Å². The van der Waals surface area contributed by atoms with Crippen LogP contribution in [0.5, 0.6) is 0 Å². The number of anilines is 5. The van der Waals surface area contributed by atoms with Crippen LogP contribution in [0.15, 0.2) is 48.5 Å². The maximum atomic E-state index is 6.27. The highest BCUT2D eigenvalue weighted by molar-refractivity contribution is 6.35. The first-order valence-corrected chi connectivity index (χ1v) is 9.56. The lowest BCUT2D eigenvalue weighted by molar-refractivity contribution is 0.122. The Morgan fingerprint density at radius 2 is 1.57 bits per heavy atom. The van der Waals surface area contributed by atoms with E-state index < -0.39 is 0 Å². The molecule has 144 valence electrons. The fourth-order valence-electron chi connectivity index (χ4n) is 2.75. The maximum absolute atomic E-state index is 6.27. The van der Waals surface area contributed by atoms with Gasteiger partial charge in [-0.05, 0) is 30.3 Å². The first-order valence-electron chi connectivity index (χ1n) is 8.80. The zero-order valence-electron chi connectivity index (χ0n) is 14.9. The molecule has 4 rings (SSSR count). The van der Waals surface area contributed by atoms with Crippen LogP contribution in [-0.4, -0.2) is 41.3 Å². The summed E-state index contributed by atoms with van der Waals surface area (Å²) in [5.74, 6) is 1.37. The summed E-state index contributed by atoms with van der Waals surface area (Å²) in [5.41, 5.74) is 1.51. The van der Waals surface area contributed by atoms with E-state index >= 15 is 0 Å². The van der Waals surface area contributed by atoms with Crippen molar-refractivity contribution < 1.29 is 4.74 Å². The van der Waals surface area contributed by atoms with E-state index in [9.17, 15) is 0 Å². The Hall–Kier alpha value is -2.61. The van der Waals surface area contributed by atoms with Crippen molar-refractivity contribution in [3.63, 3.8) is 0 Å². The van der Waals surface area contributed by atoms with Crippen molar-refractivity contribution in [1.82, 2.24) is 15.0 Å². The van der Waals surface area contributed by atoms with Crippen LogP contribution < -0.4 is 15.5 Å². The second kappa shape index (κ2) is 8.60. The van der Waals surface area contributed by atoms with Gasteiger partial charge in [-0.25, -0.2) is 0 Å². The maximum Gasteiger partial charge on any atom is 0.233 e.